The average Bonchev–Trinajstić information content (AvgIpc) is 3.22. The lowest BCUT2D eigenvalue weighted by Gasteiger charge is -2.21. The number of carbonyl (C=O) groups is 1. The maximum Gasteiger partial charge on any atom is 0.341 e. The van der Waals surface area contributed by atoms with Crippen LogP contribution in [0.5, 0.6) is 5.75 Å². The van der Waals surface area contributed by atoms with E-state index in [4.69, 9.17) is 14.7 Å². The number of hydrogen-bond acceptors (Lipinski definition) is 4. The summed E-state index contributed by atoms with van der Waals surface area (Å²) in [5, 5.41) is 10.1. The number of aromatic nitrogens is 1. The highest BCUT2D eigenvalue weighted by atomic mass is 16.6. The van der Waals surface area contributed by atoms with E-state index < -0.39 is 5.97 Å². The second-order valence-electron chi connectivity index (χ2n) is 8.22. The first-order chi connectivity index (χ1) is 15.6. The number of hydrogen-bond donors (Lipinski definition) is 2. The van der Waals surface area contributed by atoms with E-state index in [0.29, 0.717) is 12.4 Å². The quantitative estimate of drug-likeness (QED) is 0.353. The van der Waals surface area contributed by atoms with Crippen LogP contribution in [0.3, 0.4) is 0 Å². The molecule has 0 atom stereocenters. The number of aryl methyl sites for hydroxylation is 1. The van der Waals surface area contributed by atoms with Gasteiger partial charge in [-0.3, -0.25) is 10.3 Å². The Balaban J connectivity index is 1.45. The molecule has 6 nitrogen and oxygen atoms in total. The van der Waals surface area contributed by atoms with E-state index in [1.807, 2.05) is 31.2 Å². The molecule has 0 radical (unpaired) electrons. The molecule has 1 saturated carbocycles. The third-order valence-corrected chi connectivity index (χ3v) is 5.91. The van der Waals surface area contributed by atoms with Crippen LogP contribution in [-0.4, -0.2) is 28.9 Å². The summed E-state index contributed by atoms with van der Waals surface area (Å²) >= 11 is 0. The molecule has 1 heterocycles. The van der Waals surface area contributed by atoms with Crippen molar-refractivity contribution in [2.75, 3.05) is 13.2 Å². The zero-order valence-corrected chi connectivity index (χ0v) is 18.5. The smallest absolute Gasteiger partial charge is 0.341 e. The van der Waals surface area contributed by atoms with E-state index in [1.165, 1.54) is 35.7 Å². The molecule has 0 bridgehead atoms. The van der Waals surface area contributed by atoms with Crippen molar-refractivity contribution in [3.05, 3.63) is 71.4 Å². The van der Waals surface area contributed by atoms with Gasteiger partial charge in [0.1, 0.15) is 5.75 Å². The number of para-hydroxylation sites is 1. The summed E-state index contributed by atoms with van der Waals surface area (Å²) in [6.45, 7) is 2.88. The normalized spacial score (nSPS) is 13.8. The highest BCUT2D eigenvalue weighted by Gasteiger charge is 2.15. The third kappa shape index (κ3) is 5.32. The Bertz CT molecular complexity index is 1110. The number of rotatable bonds is 9. The Labute approximate surface area is 188 Å². The van der Waals surface area contributed by atoms with Crippen LogP contribution in [0.1, 0.15) is 43.2 Å². The van der Waals surface area contributed by atoms with Crippen LogP contribution in [0.2, 0.25) is 0 Å². The van der Waals surface area contributed by atoms with Crippen LogP contribution in [0, 0.1) is 6.92 Å². The van der Waals surface area contributed by atoms with Crippen LogP contribution in [0.15, 0.2) is 60.3 Å². The van der Waals surface area contributed by atoms with Crippen molar-refractivity contribution in [1.29, 1.82) is 0 Å². The Kier molecular flexibility index (Phi) is 7.12. The van der Waals surface area contributed by atoms with E-state index in [0.717, 1.165) is 36.2 Å². The van der Waals surface area contributed by atoms with E-state index in [9.17, 15) is 4.79 Å². The zero-order chi connectivity index (χ0) is 22.3. The fraction of sp³-hybridized carbons (Fsp3) is 0.346. The fourth-order valence-corrected chi connectivity index (χ4v) is 4.27. The van der Waals surface area contributed by atoms with Gasteiger partial charge in [-0.05, 0) is 79.5 Å². The first-order valence-corrected chi connectivity index (χ1v) is 11.2. The zero-order valence-electron chi connectivity index (χ0n) is 18.5. The van der Waals surface area contributed by atoms with Gasteiger partial charge in [-0.2, -0.15) is 0 Å². The number of hydroxylamine groups is 1. The van der Waals surface area contributed by atoms with Crippen molar-refractivity contribution in [2.45, 2.75) is 45.6 Å². The SMILES string of the molecule is Cc1cc(C(NOCCn2ccc3ccccc32)=C2CCCCC2)ccc1OCC(=O)O. The predicted octanol–water partition coefficient (Wildman–Crippen LogP) is 5.31. The number of fused-ring (bicyclic) bond motifs is 1. The van der Waals surface area contributed by atoms with Gasteiger partial charge in [-0.15, -0.1) is 0 Å². The molecule has 1 aliphatic rings. The topological polar surface area (TPSA) is 72.7 Å². The highest BCUT2D eigenvalue weighted by Crippen LogP contribution is 2.31. The van der Waals surface area contributed by atoms with Crippen molar-refractivity contribution < 1.29 is 19.5 Å². The summed E-state index contributed by atoms with van der Waals surface area (Å²) < 4.78 is 7.58. The molecule has 1 aromatic heterocycles. The monoisotopic (exact) mass is 434 g/mol. The van der Waals surface area contributed by atoms with Gasteiger partial charge in [0.2, 0.25) is 0 Å². The first kappa shape index (κ1) is 22.0. The third-order valence-electron chi connectivity index (χ3n) is 5.91. The van der Waals surface area contributed by atoms with Crippen LogP contribution < -0.4 is 10.2 Å². The Hall–Kier alpha value is -3.25. The number of allylic oxidation sites excluding steroid dienone is 1. The van der Waals surface area contributed by atoms with Gasteiger partial charge in [0.05, 0.1) is 12.3 Å². The van der Waals surface area contributed by atoms with Crippen LogP contribution in [0.25, 0.3) is 16.6 Å². The lowest BCUT2D eigenvalue weighted by molar-refractivity contribution is -0.139. The molecule has 168 valence electrons. The van der Waals surface area contributed by atoms with Crippen LogP contribution in [-0.2, 0) is 16.2 Å². The van der Waals surface area contributed by atoms with E-state index in [2.05, 4.69) is 40.5 Å². The predicted molar refractivity (Wildman–Crippen MR) is 125 cm³/mol. The molecular formula is C26H30N2O4. The molecule has 0 amide bonds. The van der Waals surface area contributed by atoms with Gasteiger partial charge in [-0.25, -0.2) is 4.79 Å². The second kappa shape index (κ2) is 10.4. The summed E-state index contributed by atoms with van der Waals surface area (Å²) in [7, 11) is 0. The standard InChI is InChI=1S/C26H30N2O4/c1-19-17-22(11-12-24(19)31-18-25(29)30)26(21-8-3-2-4-9-21)27-32-16-15-28-14-13-20-7-5-6-10-23(20)28/h5-7,10-14,17,27H,2-4,8-9,15-16,18H2,1H3,(H,29,30). The lowest BCUT2D eigenvalue weighted by atomic mass is 9.91. The number of carboxylic acid groups (broad SMARTS) is 1. The molecule has 6 heteroatoms. The summed E-state index contributed by atoms with van der Waals surface area (Å²) in [6, 6.07) is 16.3. The summed E-state index contributed by atoms with van der Waals surface area (Å²) in [4.78, 5) is 16.7. The number of benzene rings is 2. The van der Waals surface area contributed by atoms with E-state index in [1.54, 1.807) is 0 Å². The molecule has 2 aromatic carbocycles. The Morgan fingerprint density at radius 3 is 2.69 bits per heavy atom. The largest absolute Gasteiger partial charge is 0.482 e. The molecule has 0 aliphatic heterocycles. The average molecular weight is 435 g/mol. The molecule has 1 fully saturated rings. The van der Waals surface area contributed by atoms with Crippen LogP contribution in [0.4, 0.5) is 0 Å². The molecule has 32 heavy (non-hydrogen) atoms. The number of ether oxygens (including phenoxy) is 1. The van der Waals surface area contributed by atoms with Gasteiger partial charge in [0, 0.05) is 23.8 Å². The van der Waals surface area contributed by atoms with Crippen molar-refractivity contribution in [1.82, 2.24) is 10.0 Å². The minimum atomic E-state index is -0.982. The minimum absolute atomic E-state index is 0.344. The summed E-state index contributed by atoms with van der Waals surface area (Å²) in [6.07, 6.45) is 7.85. The van der Waals surface area contributed by atoms with Crippen molar-refractivity contribution in [3.8, 4) is 5.75 Å². The Morgan fingerprint density at radius 2 is 1.91 bits per heavy atom. The highest BCUT2D eigenvalue weighted by molar-refractivity contribution is 5.79. The molecule has 1 aliphatic carbocycles. The molecular weight excluding hydrogens is 404 g/mol. The Morgan fingerprint density at radius 1 is 1.09 bits per heavy atom. The maximum absolute atomic E-state index is 10.8. The maximum atomic E-state index is 10.8. The minimum Gasteiger partial charge on any atom is -0.482 e. The second-order valence-corrected chi connectivity index (χ2v) is 8.22. The van der Waals surface area contributed by atoms with Gasteiger partial charge in [0.25, 0.3) is 0 Å². The van der Waals surface area contributed by atoms with Crippen molar-refractivity contribution in [2.24, 2.45) is 0 Å². The number of nitrogens with one attached hydrogen (secondary N) is 1. The van der Waals surface area contributed by atoms with E-state index >= 15 is 0 Å². The molecule has 3 aromatic rings. The van der Waals surface area contributed by atoms with Crippen molar-refractivity contribution in [3.63, 3.8) is 0 Å². The lowest BCUT2D eigenvalue weighted by Crippen LogP contribution is -2.19. The molecule has 0 saturated heterocycles. The number of aliphatic carboxylic acids is 1. The van der Waals surface area contributed by atoms with Gasteiger partial charge >= 0.3 is 5.97 Å². The van der Waals surface area contributed by atoms with Gasteiger partial charge < -0.3 is 14.4 Å². The first-order valence-electron chi connectivity index (χ1n) is 11.2. The van der Waals surface area contributed by atoms with Gasteiger partial charge in [0.15, 0.2) is 6.61 Å². The molecule has 4 rings (SSSR count). The van der Waals surface area contributed by atoms with E-state index in [-0.39, 0.29) is 6.61 Å². The fourth-order valence-electron chi connectivity index (χ4n) is 4.27. The number of carboxylic acids is 1. The molecule has 0 unspecified atom stereocenters. The van der Waals surface area contributed by atoms with Crippen LogP contribution >= 0.6 is 0 Å². The molecule has 0 spiro atoms. The summed E-state index contributed by atoms with van der Waals surface area (Å²) in [5.74, 6) is -0.395. The van der Waals surface area contributed by atoms with Crippen molar-refractivity contribution >= 4 is 22.6 Å². The van der Waals surface area contributed by atoms with Gasteiger partial charge in [-0.1, -0.05) is 24.6 Å². The summed E-state index contributed by atoms with van der Waals surface area (Å²) in [5.41, 5.74) is 8.78. The number of nitrogens with zero attached hydrogens (tertiary/aromatic N) is 1. The molecule has 2 N–H and O–H groups in total.